The molecule has 0 amide bonds. The average molecular weight is 374 g/mol. The highest BCUT2D eigenvalue weighted by Gasteiger charge is 2.39. The Balaban J connectivity index is 1.86. The fraction of sp³-hybridized carbons (Fsp3) is 0.429. The molecule has 0 saturated carbocycles. The third-order valence-corrected chi connectivity index (χ3v) is 6.64. The van der Waals surface area contributed by atoms with Crippen molar-refractivity contribution in [2.75, 3.05) is 0 Å². The Bertz CT molecular complexity index is 855. The maximum atomic E-state index is 12.8. The van der Waals surface area contributed by atoms with Gasteiger partial charge in [0.25, 0.3) is 0 Å². The van der Waals surface area contributed by atoms with Crippen molar-refractivity contribution in [3.8, 4) is 5.75 Å². The van der Waals surface area contributed by atoms with Gasteiger partial charge in [-0.1, -0.05) is 61.9 Å². The standard InChI is InChI=1S/C21H27NO3S/c1-4-21(5-2)14-19(18-8-6-7-9-20(18)25-21)22-26(23,24)15-17-12-10-16(3)11-13-17/h6-13,19,22H,4-5,14-15H2,1-3H3. The Morgan fingerprint density at radius 3 is 2.38 bits per heavy atom. The van der Waals surface area contributed by atoms with Gasteiger partial charge in [-0.25, -0.2) is 13.1 Å². The second kappa shape index (κ2) is 7.41. The van der Waals surface area contributed by atoms with Crippen LogP contribution in [0.2, 0.25) is 0 Å². The normalized spacial score (nSPS) is 18.8. The number of hydrogen-bond donors (Lipinski definition) is 1. The molecule has 26 heavy (non-hydrogen) atoms. The lowest BCUT2D eigenvalue weighted by Gasteiger charge is -2.41. The van der Waals surface area contributed by atoms with Gasteiger partial charge in [-0.2, -0.15) is 0 Å². The van der Waals surface area contributed by atoms with Crippen LogP contribution < -0.4 is 9.46 Å². The van der Waals surface area contributed by atoms with E-state index in [1.807, 2.05) is 55.5 Å². The number of rotatable bonds is 6. The molecule has 0 aliphatic carbocycles. The monoisotopic (exact) mass is 373 g/mol. The Labute approximate surface area is 156 Å². The van der Waals surface area contributed by atoms with Crippen LogP contribution >= 0.6 is 0 Å². The first-order valence-electron chi connectivity index (χ1n) is 9.20. The maximum Gasteiger partial charge on any atom is 0.216 e. The first kappa shape index (κ1) is 18.9. The number of ether oxygens (including phenoxy) is 1. The maximum absolute atomic E-state index is 12.8. The van der Waals surface area contributed by atoms with Gasteiger partial charge >= 0.3 is 0 Å². The van der Waals surface area contributed by atoms with Crippen molar-refractivity contribution in [2.45, 2.75) is 57.4 Å². The van der Waals surface area contributed by atoms with Crippen LogP contribution in [0.15, 0.2) is 48.5 Å². The molecule has 2 aromatic carbocycles. The molecule has 0 saturated heterocycles. The fourth-order valence-corrected chi connectivity index (χ4v) is 4.93. The first-order chi connectivity index (χ1) is 12.4. The summed E-state index contributed by atoms with van der Waals surface area (Å²) in [5.41, 5.74) is 2.50. The average Bonchev–Trinajstić information content (AvgIpc) is 2.63. The molecule has 5 heteroatoms. The first-order valence-corrected chi connectivity index (χ1v) is 10.8. The van der Waals surface area contributed by atoms with Gasteiger partial charge in [0.05, 0.1) is 11.8 Å². The molecule has 1 aliphatic rings. The topological polar surface area (TPSA) is 55.4 Å². The molecule has 4 nitrogen and oxygen atoms in total. The van der Waals surface area contributed by atoms with Crippen molar-refractivity contribution in [1.82, 2.24) is 4.72 Å². The molecule has 1 atom stereocenters. The zero-order chi connectivity index (χ0) is 18.8. The Hall–Kier alpha value is -1.85. The lowest BCUT2D eigenvalue weighted by molar-refractivity contribution is 0.0260. The van der Waals surface area contributed by atoms with Crippen molar-refractivity contribution < 1.29 is 13.2 Å². The second-order valence-electron chi connectivity index (χ2n) is 7.15. The van der Waals surface area contributed by atoms with Crippen molar-refractivity contribution in [3.63, 3.8) is 0 Å². The SMILES string of the molecule is CCC1(CC)CC(NS(=O)(=O)Cc2ccc(C)cc2)c2ccccc2O1. The van der Waals surface area contributed by atoms with Gasteiger partial charge in [0.2, 0.25) is 10.0 Å². The van der Waals surface area contributed by atoms with Gasteiger partial charge in [-0.3, -0.25) is 0 Å². The van der Waals surface area contributed by atoms with Gasteiger partial charge in [-0.05, 0) is 31.4 Å². The molecule has 140 valence electrons. The summed E-state index contributed by atoms with van der Waals surface area (Å²) in [6, 6.07) is 15.1. The third-order valence-electron chi connectivity index (χ3n) is 5.28. The molecule has 0 radical (unpaired) electrons. The third kappa shape index (κ3) is 4.10. The van der Waals surface area contributed by atoms with E-state index in [4.69, 9.17) is 4.74 Å². The van der Waals surface area contributed by atoms with Crippen molar-refractivity contribution in [1.29, 1.82) is 0 Å². The van der Waals surface area contributed by atoms with Gasteiger partial charge in [0.1, 0.15) is 11.4 Å². The molecule has 1 aliphatic heterocycles. The predicted octanol–water partition coefficient (Wildman–Crippen LogP) is 4.50. The molecule has 3 rings (SSSR count). The lowest BCUT2D eigenvalue weighted by atomic mass is 9.84. The number of fused-ring (bicyclic) bond motifs is 1. The Morgan fingerprint density at radius 2 is 1.73 bits per heavy atom. The highest BCUT2D eigenvalue weighted by atomic mass is 32.2. The number of benzene rings is 2. The highest BCUT2D eigenvalue weighted by Crippen LogP contribution is 2.42. The summed E-state index contributed by atoms with van der Waals surface area (Å²) in [4.78, 5) is 0. The smallest absolute Gasteiger partial charge is 0.216 e. The minimum absolute atomic E-state index is 0.0158. The van der Waals surface area contributed by atoms with E-state index >= 15 is 0 Å². The van der Waals surface area contributed by atoms with E-state index < -0.39 is 10.0 Å². The van der Waals surface area contributed by atoms with E-state index in [2.05, 4.69) is 18.6 Å². The van der Waals surface area contributed by atoms with Crippen molar-refractivity contribution >= 4 is 10.0 Å². The number of nitrogens with one attached hydrogen (secondary N) is 1. The molecule has 0 bridgehead atoms. The predicted molar refractivity (Wildman–Crippen MR) is 105 cm³/mol. The van der Waals surface area contributed by atoms with Crippen LogP contribution in [-0.2, 0) is 15.8 Å². The number of sulfonamides is 1. The molecule has 1 heterocycles. The molecule has 0 spiro atoms. The van der Waals surface area contributed by atoms with Crippen molar-refractivity contribution in [3.05, 3.63) is 65.2 Å². The minimum atomic E-state index is -3.46. The zero-order valence-electron chi connectivity index (χ0n) is 15.7. The van der Waals surface area contributed by atoms with Crippen LogP contribution in [0, 0.1) is 6.92 Å². The summed E-state index contributed by atoms with van der Waals surface area (Å²) in [6.07, 6.45) is 2.33. The summed E-state index contributed by atoms with van der Waals surface area (Å²) in [5.74, 6) is 0.767. The molecule has 2 aromatic rings. The summed E-state index contributed by atoms with van der Waals surface area (Å²) in [5, 5.41) is 0. The summed E-state index contributed by atoms with van der Waals surface area (Å²) in [6.45, 7) is 6.18. The zero-order valence-corrected chi connectivity index (χ0v) is 16.5. The van der Waals surface area contributed by atoms with Gasteiger partial charge in [0.15, 0.2) is 0 Å². The van der Waals surface area contributed by atoms with Crippen LogP contribution in [0.3, 0.4) is 0 Å². The quantitative estimate of drug-likeness (QED) is 0.811. The molecule has 0 fully saturated rings. The summed E-state index contributed by atoms with van der Waals surface area (Å²) < 4.78 is 34.8. The van der Waals surface area contributed by atoms with Crippen LogP contribution in [-0.4, -0.2) is 14.0 Å². The van der Waals surface area contributed by atoms with Crippen LogP contribution in [0.4, 0.5) is 0 Å². The summed E-state index contributed by atoms with van der Waals surface area (Å²) in [7, 11) is -3.46. The Kier molecular flexibility index (Phi) is 5.39. The second-order valence-corrected chi connectivity index (χ2v) is 8.90. The molecular formula is C21H27NO3S. The van der Waals surface area contributed by atoms with Gasteiger partial charge < -0.3 is 4.74 Å². The van der Waals surface area contributed by atoms with E-state index in [0.717, 1.165) is 35.3 Å². The van der Waals surface area contributed by atoms with E-state index in [9.17, 15) is 8.42 Å². The minimum Gasteiger partial charge on any atom is -0.487 e. The number of hydrogen-bond acceptors (Lipinski definition) is 3. The molecule has 1 unspecified atom stereocenters. The Morgan fingerprint density at radius 1 is 1.08 bits per heavy atom. The van der Waals surface area contributed by atoms with E-state index in [1.165, 1.54) is 0 Å². The molecule has 1 N–H and O–H groups in total. The number of para-hydroxylation sites is 1. The number of aryl methyl sites for hydroxylation is 1. The van der Waals surface area contributed by atoms with E-state index in [1.54, 1.807) is 0 Å². The van der Waals surface area contributed by atoms with E-state index in [-0.39, 0.29) is 17.4 Å². The van der Waals surface area contributed by atoms with Crippen LogP contribution in [0.1, 0.15) is 55.8 Å². The van der Waals surface area contributed by atoms with Crippen molar-refractivity contribution in [2.24, 2.45) is 0 Å². The lowest BCUT2D eigenvalue weighted by Crippen LogP contribution is -2.44. The largest absolute Gasteiger partial charge is 0.487 e. The molecule has 0 aromatic heterocycles. The summed E-state index contributed by atoms with van der Waals surface area (Å²) >= 11 is 0. The van der Waals surface area contributed by atoms with E-state index in [0.29, 0.717) is 6.42 Å². The molecular weight excluding hydrogens is 346 g/mol. The van der Waals surface area contributed by atoms with Gasteiger partial charge in [0, 0.05) is 12.0 Å². The van der Waals surface area contributed by atoms with Crippen LogP contribution in [0.5, 0.6) is 5.75 Å². The fourth-order valence-electron chi connectivity index (χ4n) is 3.57. The van der Waals surface area contributed by atoms with Gasteiger partial charge in [-0.15, -0.1) is 0 Å². The van der Waals surface area contributed by atoms with Crippen LogP contribution in [0.25, 0.3) is 0 Å². The highest BCUT2D eigenvalue weighted by molar-refractivity contribution is 7.88.